The van der Waals surface area contributed by atoms with E-state index in [1.54, 1.807) is 18.2 Å². The Balaban J connectivity index is 1.90. The van der Waals surface area contributed by atoms with Crippen molar-refractivity contribution in [3.63, 3.8) is 0 Å². The van der Waals surface area contributed by atoms with Crippen LogP contribution in [0.5, 0.6) is 0 Å². The molecule has 1 aliphatic heterocycles. The van der Waals surface area contributed by atoms with Crippen molar-refractivity contribution in [1.82, 2.24) is 4.90 Å². The van der Waals surface area contributed by atoms with Gasteiger partial charge in [0.2, 0.25) is 0 Å². The predicted octanol–water partition coefficient (Wildman–Crippen LogP) is 3.55. The Morgan fingerprint density at radius 2 is 2.00 bits per heavy atom. The van der Waals surface area contributed by atoms with E-state index in [0.29, 0.717) is 24.3 Å². The molecular formula is C17H16FNO3S. The van der Waals surface area contributed by atoms with Gasteiger partial charge in [0, 0.05) is 11.4 Å². The largest absolute Gasteiger partial charge is 0.480 e. The standard InChI is InChI=1S/C17H16FNO3S/c1-10-13(11-4-6-12(18)7-5-11)9-15(23-10)16(20)19-8-2-3-14(19)17(21)22/h4-7,9,14H,2-3,8H2,1H3,(H,21,22)/t14-/m1/s1. The van der Waals surface area contributed by atoms with Gasteiger partial charge in [-0.25, -0.2) is 9.18 Å². The summed E-state index contributed by atoms with van der Waals surface area (Å²) in [5.41, 5.74) is 1.72. The van der Waals surface area contributed by atoms with Gasteiger partial charge in [0.25, 0.3) is 5.91 Å². The molecular weight excluding hydrogens is 317 g/mol. The monoisotopic (exact) mass is 333 g/mol. The van der Waals surface area contributed by atoms with E-state index >= 15 is 0 Å². The van der Waals surface area contributed by atoms with Gasteiger partial charge in [0.05, 0.1) is 4.88 Å². The van der Waals surface area contributed by atoms with Crippen molar-refractivity contribution in [2.45, 2.75) is 25.8 Å². The molecule has 2 heterocycles. The maximum Gasteiger partial charge on any atom is 0.326 e. The topological polar surface area (TPSA) is 57.6 Å². The summed E-state index contributed by atoms with van der Waals surface area (Å²) in [4.78, 5) is 26.8. The van der Waals surface area contributed by atoms with Gasteiger partial charge in [0.1, 0.15) is 11.9 Å². The third-order valence-corrected chi connectivity index (χ3v) is 5.12. The van der Waals surface area contributed by atoms with Crippen LogP contribution < -0.4 is 0 Å². The Hall–Kier alpha value is -2.21. The first-order valence-electron chi connectivity index (χ1n) is 7.37. The molecule has 23 heavy (non-hydrogen) atoms. The molecule has 0 saturated carbocycles. The average Bonchev–Trinajstić information content (AvgIpc) is 3.14. The third-order valence-electron chi connectivity index (χ3n) is 4.08. The fourth-order valence-corrected chi connectivity index (χ4v) is 3.91. The number of hydrogen-bond donors (Lipinski definition) is 1. The van der Waals surface area contributed by atoms with E-state index in [2.05, 4.69) is 0 Å². The van der Waals surface area contributed by atoms with E-state index in [1.165, 1.54) is 28.4 Å². The Labute approximate surface area is 137 Å². The number of halogens is 1. The zero-order valence-electron chi connectivity index (χ0n) is 12.6. The second-order valence-electron chi connectivity index (χ2n) is 5.58. The number of aryl methyl sites for hydroxylation is 1. The van der Waals surface area contributed by atoms with Gasteiger partial charge in [0.15, 0.2) is 0 Å². The maximum absolute atomic E-state index is 13.0. The first kappa shape index (κ1) is 15.7. The second-order valence-corrected chi connectivity index (χ2v) is 6.84. The van der Waals surface area contributed by atoms with Crippen molar-refractivity contribution >= 4 is 23.2 Å². The van der Waals surface area contributed by atoms with Crippen molar-refractivity contribution in [3.8, 4) is 11.1 Å². The summed E-state index contributed by atoms with van der Waals surface area (Å²) in [6.45, 7) is 2.37. The molecule has 2 aromatic rings. The Bertz CT molecular complexity index is 754. The highest BCUT2D eigenvalue weighted by atomic mass is 32.1. The molecule has 3 rings (SSSR count). The Kier molecular flexibility index (Phi) is 4.17. The molecule has 0 unspecified atom stereocenters. The van der Waals surface area contributed by atoms with E-state index in [0.717, 1.165) is 16.0 Å². The van der Waals surface area contributed by atoms with E-state index in [4.69, 9.17) is 0 Å². The summed E-state index contributed by atoms with van der Waals surface area (Å²) in [6.07, 6.45) is 1.20. The van der Waals surface area contributed by atoms with Crippen molar-refractivity contribution in [1.29, 1.82) is 0 Å². The quantitative estimate of drug-likeness (QED) is 0.934. The molecule has 0 radical (unpaired) electrons. The summed E-state index contributed by atoms with van der Waals surface area (Å²) in [5, 5.41) is 9.22. The number of aliphatic carboxylic acids is 1. The number of carbonyl (C=O) groups excluding carboxylic acids is 1. The number of benzene rings is 1. The number of hydrogen-bond acceptors (Lipinski definition) is 3. The summed E-state index contributed by atoms with van der Waals surface area (Å²) in [6, 6.07) is 7.15. The minimum Gasteiger partial charge on any atom is -0.480 e. The van der Waals surface area contributed by atoms with Crippen LogP contribution in [0.1, 0.15) is 27.4 Å². The number of carbonyl (C=O) groups is 2. The molecule has 1 saturated heterocycles. The molecule has 1 amide bonds. The normalized spacial score (nSPS) is 17.5. The lowest BCUT2D eigenvalue weighted by Gasteiger charge is -2.20. The number of likely N-dealkylation sites (tertiary alicyclic amines) is 1. The van der Waals surface area contributed by atoms with E-state index in [-0.39, 0.29) is 11.7 Å². The molecule has 1 aromatic carbocycles. The van der Waals surface area contributed by atoms with Gasteiger partial charge >= 0.3 is 5.97 Å². The fourth-order valence-electron chi connectivity index (χ4n) is 2.91. The SMILES string of the molecule is Cc1sc(C(=O)N2CCC[C@@H]2C(=O)O)cc1-c1ccc(F)cc1. The number of carboxylic acid groups (broad SMARTS) is 1. The minimum absolute atomic E-state index is 0.239. The molecule has 0 spiro atoms. The number of nitrogens with zero attached hydrogens (tertiary/aromatic N) is 1. The lowest BCUT2D eigenvalue weighted by atomic mass is 10.1. The van der Waals surface area contributed by atoms with Crippen molar-refractivity contribution in [2.24, 2.45) is 0 Å². The van der Waals surface area contributed by atoms with Crippen LogP contribution in [-0.4, -0.2) is 34.5 Å². The second kappa shape index (κ2) is 6.12. The molecule has 1 N–H and O–H groups in total. The van der Waals surface area contributed by atoms with Gasteiger partial charge in [-0.3, -0.25) is 4.79 Å². The first-order chi connectivity index (χ1) is 11.0. The molecule has 0 aliphatic carbocycles. The molecule has 1 aliphatic rings. The number of rotatable bonds is 3. The summed E-state index contributed by atoms with van der Waals surface area (Å²) in [7, 11) is 0. The Morgan fingerprint density at radius 1 is 1.30 bits per heavy atom. The highest BCUT2D eigenvalue weighted by molar-refractivity contribution is 7.14. The van der Waals surface area contributed by atoms with Gasteiger partial charge in [-0.2, -0.15) is 0 Å². The van der Waals surface area contributed by atoms with Crippen molar-refractivity contribution in [2.75, 3.05) is 6.54 Å². The van der Waals surface area contributed by atoms with Crippen LogP contribution in [0.25, 0.3) is 11.1 Å². The maximum atomic E-state index is 13.0. The third kappa shape index (κ3) is 2.99. The lowest BCUT2D eigenvalue weighted by Crippen LogP contribution is -2.40. The van der Waals surface area contributed by atoms with Crippen LogP contribution in [0.2, 0.25) is 0 Å². The van der Waals surface area contributed by atoms with Crippen LogP contribution in [0, 0.1) is 12.7 Å². The highest BCUT2D eigenvalue weighted by Crippen LogP contribution is 2.33. The van der Waals surface area contributed by atoms with Gasteiger partial charge in [-0.1, -0.05) is 12.1 Å². The van der Waals surface area contributed by atoms with Gasteiger partial charge in [-0.15, -0.1) is 11.3 Å². The van der Waals surface area contributed by atoms with Crippen LogP contribution in [0.4, 0.5) is 4.39 Å². The van der Waals surface area contributed by atoms with Crippen LogP contribution in [-0.2, 0) is 4.79 Å². The van der Waals surface area contributed by atoms with Gasteiger partial charge < -0.3 is 10.0 Å². The van der Waals surface area contributed by atoms with Crippen molar-refractivity contribution in [3.05, 3.63) is 45.9 Å². The Morgan fingerprint density at radius 3 is 2.65 bits per heavy atom. The molecule has 120 valence electrons. The first-order valence-corrected chi connectivity index (χ1v) is 8.19. The average molecular weight is 333 g/mol. The van der Waals surface area contributed by atoms with Gasteiger partial charge in [-0.05, 0) is 49.1 Å². The van der Waals surface area contributed by atoms with Crippen LogP contribution in [0.3, 0.4) is 0 Å². The fraction of sp³-hybridized carbons (Fsp3) is 0.294. The molecule has 1 aromatic heterocycles. The van der Waals surface area contributed by atoms with Crippen LogP contribution in [0.15, 0.2) is 30.3 Å². The zero-order valence-corrected chi connectivity index (χ0v) is 13.4. The van der Waals surface area contributed by atoms with E-state index in [9.17, 15) is 19.1 Å². The van der Waals surface area contributed by atoms with Crippen molar-refractivity contribution < 1.29 is 19.1 Å². The minimum atomic E-state index is -0.956. The van der Waals surface area contributed by atoms with Crippen LogP contribution >= 0.6 is 11.3 Å². The summed E-state index contributed by atoms with van der Waals surface area (Å²) in [5.74, 6) is -1.50. The molecule has 0 bridgehead atoms. The number of carboxylic acids is 1. The smallest absolute Gasteiger partial charge is 0.326 e. The summed E-state index contributed by atoms with van der Waals surface area (Å²) < 4.78 is 13.0. The predicted molar refractivity (Wildman–Crippen MR) is 86.1 cm³/mol. The lowest BCUT2D eigenvalue weighted by molar-refractivity contribution is -0.141. The van der Waals surface area contributed by atoms with E-state index in [1.807, 2.05) is 6.92 Å². The zero-order chi connectivity index (χ0) is 16.6. The molecule has 1 fully saturated rings. The summed E-state index contributed by atoms with van der Waals surface area (Å²) >= 11 is 1.34. The molecule has 1 atom stereocenters. The molecule has 6 heteroatoms. The number of thiophene rings is 1. The van der Waals surface area contributed by atoms with E-state index < -0.39 is 12.0 Å². The number of amides is 1. The molecule has 4 nitrogen and oxygen atoms in total. The highest BCUT2D eigenvalue weighted by Gasteiger charge is 2.35.